The molecule has 1 atom stereocenters. The summed E-state index contributed by atoms with van der Waals surface area (Å²) in [6.45, 7) is 8.42. The Morgan fingerprint density at radius 3 is 2.77 bits per heavy atom. The van der Waals surface area contributed by atoms with Crippen LogP contribution in [0, 0.1) is 5.92 Å². The number of hydrogen-bond acceptors (Lipinski definition) is 8. The van der Waals surface area contributed by atoms with Gasteiger partial charge in [0.05, 0.1) is 6.04 Å². The van der Waals surface area contributed by atoms with Gasteiger partial charge in [0.1, 0.15) is 18.2 Å². The van der Waals surface area contributed by atoms with Crippen LogP contribution in [0.5, 0.6) is 0 Å². The van der Waals surface area contributed by atoms with Gasteiger partial charge in [0.2, 0.25) is 11.9 Å². The van der Waals surface area contributed by atoms with E-state index in [-0.39, 0.29) is 17.9 Å². The van der Waals surface area contributed by atoms with Gasteiger partial charge in [-0.1, -0.05) is 32.6 Å². The zero-order valence-corrected chi connectivity index (χ0v) is 19.6. The van der Waals surface area contributed by atoms with Crippen molar-refractivity contribution in [3.63, 3.8) is 0 Å². The highest BCUT2D eigenvalue weighted by atomic mass is 16.6. The van der Waals surface area contributed by atoms with Crippen LogP contribution < -0.4 is 15.5 Å². The topological polar surface area (TPSA) is 122 Å². The Morgan fingerprint density at radius 1 is 1.23 bits per heavy atom. The third-order valence-corrected chi connectivity index (χ3v) is 5.55. The quantitative estimate of drug-likeness (QED) is 0.451. The molecule has 1 aromatic carbocycles. The van der Waals surface area contributed by atoms with E-state index in [4.69, 9.17) is 4.74 Å². The molecule has 35 heavy (non-hydrogen) atoms. The summed E-state index contributed by atoms with van der Waals surface area (Å²) in [7, 11) is 0. The molecule has 1 aliphatic heterocycles. The van der Waals surface area contributed by atoms with Crippen LogP contribution in [0.1, 0.15) is 19.7 Å². The van der Waals surface area contributed by atoms with Crippen molar-refractivity contribution in [2.75, 3.05) is 28.7 Å². The Labute approximate surface area is 203 Å². The summed E-state index contributed by atoms with van der Waals surface area (Å²) in [6, 6.07) is 9.08. The molecule has 1 fully saturated rings. The first kappa shape index (κ1) is 23.8. The third-order valence-electron chi connectivity index (χ3n) is 5.55. The molecule has 0 unspecified atom stereocenters. The highest BCUT2D eigenvalue weighted by molar-refractivity contribution is 5.99. The number of amides is 2. The fourth-order valence-corrected chi connectivity index (χ4v) is 3.65. The molecule has 4 rings (SSSR count). The molecule has 0 radical (unpaired) electrons. The number of aromatic nitrogens is 4. The van der Waals surface area contributed by atoms with E-state index in [0.29, 0.717) is 42.9 Å². The van der Waals surface area contributed by atoms with Gasteiger partial charge in [0.15, 0.2) is 0 Å². The Morgan fingerprint density at radius 2 is 2.03 bits per heavy atom. The minimum atomic E-state index is -0.393. The third kappa shape index (κ3) is 5.78. The molecule has 3 aromatic rings. The van der Waals surface area contributed by atoms with Crippen molar-refractivity contribution in [3.05, 3.63) is 67.4 Å². The van der Waals surface area contributed by atoms with E-state index in [9.17, 15) is 9.59 Å². The average molecular weight is 474 g/mol. The van der Waals surface area contributed by atoms with Crippen LogP contribution in [-0.4, -0.2) is 51.1 Å². The second kappa shape index (κ2) is 10.7. The zero-order chi connectivity index (χ0) is 24.8. The minimum Gasteiger partial charge on any atom is -0.447 e. The number of anilines is 3. The fourth-order valence-electron chi connectivity index (χ4n) is 3.65. The first-order valence-corrected chi connectivity index (χ1v) is 11.3. The number of ether oxygens (including phenoxy) is 1. The van der Waals surface area contributed by atoms with E-state index in [1.165, 1.54) is 6.08 Å². The van der Waals surface area contributed by atoms with E-state index in [1.54, 1.807) is 35.6 Å². The number of nitrogens with zero attached hydrogens (tertiary/aromatic N) is 5. The highest BCUT2D eigenvalue weighted by Crippen LogP contribution is 2.26. The Balaban J connectivity index is 1.35. The predicted molar refractivity (Wildman–Crippen MR) is 133 cm³/mol. The normalized spacial score (nSPS) is 15.1. The summed E-state index contributed by atoms with van der Waals surface area (Å²) < 4.78 is 5.21. The molecule has 0 aliphatic carbocycles. The van der Waals surface area contributed by atoms with Crippen LogP contribution in [0.4, 0.5) is 22.2 Å². The van der Waals surface area contributed by atoms with Gasteiger partial charge >= 0.3 is 6.09 Å². The van der Waals surface area contributed by atoms with Gasteiger partial charge < -0.3 is 15.4 Å². The van der Waals surface area contributed by atoms with Crippen LogP contribution in [0.2, 0.25) is 0 Å². The van der Waals surface area contributed by atoms with E-state index in [1.807, 2.05) is 32.0 Å². The van der Waals surface area contributed by atoms with Gasteiger partial charge in [0.25, 0.3) is 0 Å². The number of nitrogens with one attached hydrogen (secondary N) is 2. The van der Waals surface area contributed by atoms with E-state index in [2.05, 4.69) is 37.1 Å². The van der Waals surface area contributed by atoms with Crippen molar-refractivity contribution in [2.45, 2.75) is 26.3 Å². The SMILES string of the molecule is C=CC(=O)Nc1cccc(-c2cnc(CCNc3nccc(N4C(=O)OC[C@@H]4C(C)C)n3)nc2)c1. The number of hydrogen-bond donors (Lipinski definition) is 2. The van der Waals surface area contributed by atoms with Crippen molar-refractivity contribution in [3.8, 4) is 11.1 Å². The lowest BCUT2D eigenvalue weighted by Gasteiger charge is -2.23. The van der Waals surface area contributed by atoms with Crippen molar-refractivity contribution in [1.82, 2.24) is 19.9 Å². The van der Waals surface area contributed by atoms with E-state index >= 15 is 0 Å². The lowest BCUT2D eigenvalue weighted by Crippen LogP contribution is -2.37. The first-order valence-electron chi connectivity index (χ1n) is 11.3. The molecule has 10 heteroatoms. The molecule has 180 valence electrons. The Hall–Kier alpha value is -4.34. The molecule has 2 N–H and O–H groups in total. The molecule has 0 saturated carbocycles. The smallest absolute Gasteiger partial charge is 0.415 e. The highest BCUT2D eigenvalue weighted by Gasteiger charge is 2.37. The largest absolute Gasteiger partial charge is 0.447 e. The maximum atomic E-state index is 12.2. The average Bonchev–Trinajstić information content (AvgIpc) is 3.26. The van der Waals surface area contributed by atoms with Gasteiger partial charge in [-0.25, -0.2) is 19.7 Å². The summed E-state index contributed by atoms with van der Waals surface area (Å²) >= 11 is 0. The molecular weight excluding hydrogens is 446 g/mol. The van der Waals surface area contributed by atoms with Crippen LogP contribution in [0.3, 0.4) is 0 Å². The molecule has 1 aliphatic rings. The number of carbonyl (C=O) groups excluding carboxylic acids is 2. The molecular formula is C25H27N7O3. The second-order valence-electron chi connectivity index (χ2n) is 8.34. The van der Waals surface area contributed by atoms with Gasteiger partial charge in [-0.05, 0) is 35.8 Å². The molecule has 0 bridgehead atoms. The number of benzene rings is 1. The lowest BCUT2D eigenvalue weighted by atomic mass is 10.0. The number of carbonyl (C=O) groups is 2. The Kier molecular flexibility index (Phi) is 7.30. The lowest BCUT2D eigenvalue weighted by molar-refractivity contribution is -0.111. The monoisotopic (exact) mass is 473 g/mol. The van der Waals surface area contributed by atoms with E-state index in [0.717, 1.165) is 11.1 Å². The first-order chi connectivity index (χ1) is 16.9. The van der Waals surface area contributed by atoms with Gasteiger partial charge in [-0.2, -0.15) is 4.98 Å². The van der Waals surface area contributed by atoms with E-state index < -0.39 is 6.09 Å². The van der Waals surface area contributed by atoms with Gasteiger partial charge in [0, 0.05) is 42.8 Å². The van der Waals surface area contributed by atoms with Crippen LogP contribution in [0.15, 0.2) is 61.6 Å². The molecule has 2 amide bonds. The van der Waals surface area contributed by atoms with Crippen molar-refractivity contribution < 1.29 is 14.3 Å². The Bertz CT molecular complexity index is 1210. The second-order valence-corrected chi connectivity index (χ2v) is 8.34. The number of cyclic esters (lactones) is 1. The molecule has 3 heterocycles. The van der Waals surface area contributed by atoms with Crippen LogP contribution >= 0.6 is 0 Å². The maximum absolute atomic E-state index is 12.2. The van der Waals surface area contributed by atoms with Crippen molar-refractivity contribution in [2.24, 2.45) is 5.92 Å². The number of rotatable bonds is 9. The summed E-state index contributed by atoms with van der Waals surface area (Å²) in [5, 5.41) is 5.91. The zero-order valence-electron chi connectivity index (χ0n) is 19.6. The van der Waals surface area contributed by atoms with Crippen molar-refractivity contribution in [1.29, 1.82) is 0 Å². The van der Waals surface area contributed by atoms with Crippen molar-refractivity contribution >= 4 is 29.5 Å². The van der Waals surface area contributed by atoms with Gasteiger partial charge in [-0.15, -0.1) is 0 Å². The van der Waals surface area contributed by atoms with Crippen LogP contribution in [-0.2, 0) is 16.0 Å². The molecule has 0 spiro atoms. The summed E-state index contributed by atoms with van der Waals surface area (Å²) in [4.78, 5) is 42.9. The predicted octanol–water partition coefficient (Wildman–Crippen LogP) is 3.69. The fraction of sp³-hybridized carbons (Fsp3) is 0.280. The summed E-state index contributed by atoms with van der Waals surface area (Å²) in [6.07, 6.45) is 6.50. The minimum absolute atomic E-state index is 0.0592. The molecule has 1 saturated heterocycles. The summed E-state index contributed by atoms with van der Waals surface area (Å²) in [5.41, 5.74) is 2.40. The molecule has 2 aromatic heterocycles. The van der Waals surface area contributed by atoms with Gasteiger partial charge in [-0.3, -0.25) is 9.69 Å². The summed E-state index contributed by atoms with van der Waals surface area (Å²) in [5.74, 6) is 1.56. The van der Waals surface area contributed by atoms with Crippen LogP contribution in [0.25, 0.3) is 11.1 Å². The maximum Gasteiger partial charge on any atom is 0.415 e. The standard InChI is InChI=1S/C25H27N7O3/c1-4-23(33)30-19-7-5-6-17(12-19)18-13-28-21(29-14-18)8-10-26-24-27-11-9-22(31-24)32-20(16(2)3)15-35-25(32)34/h4-7,9,11-14,16,20H,1,8,10,15H2,2-3H3,(H,30,33)(H,26,27,31)/t20-/m1/s1. The molecule has 10 nitrogen and oxygen atoms in total.